The molecule has 2 atom stereocenters. The summed E-state index contributed by atoms with van der Waals surface area (Å²) >= 11 is 24.8. The number of hydrogen-bond acceptors (Lipinski definition) is 4. The van der Waals surface area contributed by atoms with Gasteiger partial charge in [-0.3, -0.25) is 9.59 Å². The second-order valence-corrected chi connectivity index (χ2v) is 11.3. The number of rotatable bonds is 10. The molecule has 3 aromatic carbocycles. The third kappa shape index (κ3) is 7.59. The molecule has 4 rings (SSSR count). The Morgan fingerprint density at radius 2 is 1.62 bits per heavy atom. The zero-order valence-electron chi connectivity index (χ0n) is 21.5. The van der Waals surface area contributed by atoms with Gasteiger partial charge in [-0.05, 0) is 74.3 Å². The third-order valence-electron chi connectivity index (χ3n) is 6.92. The maximum atomic E-state index is 13.6. The molecule has 10 heteroatoms. The number of nitrogens with one attached hydrogen (secondary N) is 1. The van der Waals surface area contributed by atoms with E-state index < -0.39 is 11.9 Å². The van der Waals surface area contributed by atoms with E-state index in [0.717, 1.165) is 42.6 Å². The van der Waals surface area contributed by atoms with Crippen molar-refractivity contribution in [3.8, 4) is 11.1 Å². The highest BCUT2D eigenvalue weighted by Gasteiger charge is 2.28. The van der Waals surface area contributed by atoms with Crippen molar-refractivity contribution in [2.45, 2.75) is 31.8 Å². The summed E-state index contributed by atoms with van der Waals surface area (Å²) in [5.74, 6) is -0.804. The Hall–Kier alpha value is -2.48. The Balaban J connectivity index is 1.58. The van der Waals surface area contributed by atoms with Gasteiger partial charge in [-0.15, -0.1) is 0 Å². The number of nitrogens with two attached hydrogens (primary N) is 1. The molecule has 1 aliphatic heterocycles. The van der Waals surface area contributed by atoms with Crippen LogP contribution in [0.15, 0.2) is 60.7 Å². The van der Waals surface area contributed by atoms with E-state index in [2.05, 4.69) is 10.2 Å². The fraction of sp³-hybridized carbons (Fsp3) is 0.310. The smallest absolute Gasteiger partial charge is 0.242 e. The van der Waals surface area contributed by atoms with Gasteiger partial charge in [-0.25, -0.2) is 0 Å². The van der Waals surface area contributed by atoms with Crippen molar-refractivity contribution >= 4 is 63.9 Å². The molecule has 0 aliphatic carbocycles. The molecule has 0 spiro atoms. The summed E-state index contributed by atoms with van der Waals surface area (Å²) in [6.45, 7) is 4.22. The maximum absolute atomic E-state index is 13.6. The van der Waals surface area contributed by atoms with Crippen LogP contribution < -0.4 is 16.0 Å². The molecule has 0 saturated carbocycles. The van der Waals surface area contributed by atoms with Crippen LogP contribution >= 0.6 is 46.4 Å². The van der Waals surface area contributed by atoms with Crippen molar-refractivity contribution in [1.29, 1.82) is 0 Å². The molecule has 39 heavy (non-hydrogen) atoms. The van der Waals surface area contributed by atoms with Crippen LogP contribution in [0.1, 0.15) is 31.4 Å². The van der Waals surface area contributed by atoms with Gasteiger partial charge in [0, 0.05) is 27.8 Å². The SMILES string of the molecule is CC(C(=O)NC(CN1CCCC1)c1ccc(-c2ccc(Cl)cc2Cl)cc1)N(CC(N)=O)c1ccc(Cl)c(Cl)c1. The van der Waals surface area contributed by atoms with Crippen LogP contribution in [0, 0.1) is 0 Å². The zero-order chi connectivity index (χ0) is 28.1. The Kier molecular flexibility index (Phi) is 10.0. The van der Waals surface area contributed by atoms with Gasteiger partial charge in [-0.1, -0.05) is 76.7 Å². The Morgan fingerprint density at radius 3 is 2.23 bits per heavy atom. The van der Waals surface area contributed by atoms with Gasteiger partial charge in [0.15, 0.2) is 0 Å². The van der Waals surface area contributed by atoms with Crippen LogP contribution in [-0.4, -0.2) is 48.9 Å². The molecule has 2 unspecified atom stereocenters. The number of hydrogen-bond donors (Lipinski definition) is 2. The van der Waals surface area contributed by atoms with E-state index >= 15 is 0 Å². The summed E-state index contributed by atoms with van der Waals surface area (Å²) in [7, 11) is 0. The summed E-state index contributed by atoms with van der Waals surface area (Å²) in [5, 5.41) is 5.06. The van der Waals surface area contributed by atoms with Gasteiger partial charge in [-0.2, -0.15) is 0 Å². The number of likely N-dealkylation sites (tertiary alicyclic amines) is 1. The zero-order valence-corrected chi connectivity index (χ0v) is 24.5. The van der Waals surface area contributed by atoms with E-state index in [1.54, 1.807) is 42.2 Å². The quantitative estimate of drug-likeness (QED) is 0.272. The summed E-state index contributed by atoms with van der Waals surface area (Å²) in [4.78, 5) is 29.5. The highest BCUT2D eigenvalue weighted by Crippen LogP contribution is 2.32. The number of anilines is 1. The van der Waals surface area contributed by atoms with Gasteiger partial charge in [0.25, 0.3) is 0 Å². The Morgan fingerprint density at radius 1 is 0.923 bits per heavy atom. The van der Waals surface area contributed by atoms with Crippen LogP contribution in [0.25, 0.3) is 11.1 Å². The standard InChI is InChI=1S/C29H30Cl4N4O2/c1-18(37(17-28(34)38)22-9-11-24(31)26(33)15-22)29(39)35-27(16-36-12-2-3-13-36)20-6-4-19(5-7-20)23-10-8-21(30)14-25(23)32/h4-11,14-15,18,27H,2-3,12-13,16-17H2,1H3,(H2,34,38)(H,35,39). The lowest BCUT2D eigenvalue weighted by Gasteiger charge is -2.32. The molecular weight excluding hydrogens is 578 g/mol. The number of amides is 2. The minimum Gasteiger partial charge on any atom is -0.368 e. The summed E-state index contributed by atoms with van der Waals surface area (Å²) < 4.78 is 0. The van der Waals surface area contributed by atoms with E-state index in [4.69, 9.17) is 52.1 Å². The largest absolute Gasteiger partial charge is 0.368 e. The van der Waals surface area contributed by atoms with Crippen molar-refractivity contribution in [3.63, 3.8) is 0 Å². The molecule has 0 radical (unpaired) electrons. The van der Waals surface area contributed by atoms with E-state index in [1.165, 1.54) is 0 Å². The van der Waals surface area contributed by atoms with Gasteiger partial charge >= 0.3 is 0 Å². The topological polar surface area (TPSA) is 78.7 Å². The highest BCUT2D eigenvalue weighted by molar-refractivity contribution is 6.42. The van der Waals surface area contributed by atoms with Gasteiger partial charge < -0.3 is 20.9 Å². The number of benzene rings is 3. The lowest BCUT2D eigenvalue weighted by atomic mass is 10.00. The van der Waals surface area contributed by atoms with Crippen LogP contribution in [0.4, 0.5) is 5.69 Å². The van der Waals surface area contributed by atoms with E-state index in [9.17, 15) is 9.59 Å². The average molecular weight is 608 g/mol. The molecule has 1 heterocycles. The Bertz CT molecular complexity index is 1330. The number of primary amides is 1. The lowest BCUT2D eigenvalue weighted by molar-refractivity contribution is -0.123. The minimum absolute atomic E-state index is 0.153. The van der Waals surface area contributed by atoms with E-state index in [-0.39, 0.29) is 18.5 Å². The molecule has 1 saturated heterocycles. The second-order valence-electron chi connectivity index (χ2n) is 9.68. The molecule has 3 aromatic rings. The van der Waals surface area contributed by atoms with Crippen LogP contribution in [0.5, 0.6) is 0 Å². The first-order valence-corrected chi connectivity index (χ1v) is 14.2. The fourth-order valence-electron chi connectivity index (χ4n) is 4.79. The number of carbonyl (C=O) groups is 2. The third-order valence-corrected chi connectivity index (χ3v) is 8.21. The molecule has 1 fully saturated rings. The van der Waals surface area contributed by atoms with Crippen LogP contribution in [0.2, 0.25) is 20.1 Å². The molecule has 6 nitrogen and oxygen atoms in total. The van der Waals surface area contributed by atoms with Crippen molar-refractivity contribution in [2.75, 3.05) is 31.1 Å². The molecule has 0 aromatic heterocycles. The van der Waals surface area contributed by atoms with Gasteiger partial charge in [0.05, 0.1) is 22.6 Å². The summed E-state index contributed by atoms with van der Waals surface area (Å²) in [5.41, 5.74) is 8.90. The molecule has 1 aliphatic rings. The van der Waals surface area contributed by atoms with E-state index in [1.807, 2.05) is 30.3 Å². The number of halogens is 4. The summed E-state index contributed by atoms with van der Waals surface area (Å²) in [6, 6.07) is 17.4. The van der Waals surface area contributed by atoms with Crippen molar-refractivity contribution in [1.82, 2.24) is 10.2 Å². The first kappa shape index (κ1) is 29.5. The van der Waals surface area contributed by atoms with Crippen molar-refractivity contribution in [3.05, 3.63) is 86.3 Å². The van der Waals surface area contributed by atoms with Crippen molar-refractivity contribution < 1.29 is 9.59 Å². The lowest BCUT2D eigenvalue weighted by Crippen LogP contribution is -2.50. The predicted octanol–water partition coefficient (Wildman–Crippen LogP) is 6.60. The van der Waals surface area contributed by atoms with Crippen LogP contribution in [0.3, 0.4) is 0 Å². The van der Waals surface area contributed by atoms with E-state index in [0.29, 0.717) is 32.3 Å². The monoisotopic (exact) mass is 606 g/mol. The average Bonchev–Trinajstić information content (AvgIpc) is 3.41. The summed E-state index contributed by atoms with van der Waals surface area (Å²) in [6.07, 6.45) is 2.27. The first-order chi connectivity index (χ1) is 18.6. The molecular formula is C29H30Cl4N4O2. The highest BCUT2D eigenvalue weighted by atomic mass is 35.5. The maximum Gasteiger partial charge on any atom is 0.242 e. The van der Waals surface area contributed by atoms with Gasteiger partial charge in [0.1, 0.15) is 6.04 Å². The predicted molar refractivity (Wildman–Crippen MR) is 161 cm³/mol. The second kappa shape index (κ2) is 13.2. The number of carbonyl (C=O) groups excluding carboxylic acids is 2. The molecule has 3 N–H and O–H groups in total. The molecule has 2 amide bonds. The normalized spacial score (nSPS) is 15.1. The number of nitrogens with zero attached hydrogens (tertiary/aromatic N) is 2. The fourth-order valence-corrected chi connectivity index (χ4v) is 5.60. The molecule has 206 valence electrons. The van der Waals surface area contributed by atoms with Crippen LogP contribution in [-0.2, 0) is 9.59 Å². The Labute approximate surface area is 248 Å². The van der Waals surface area contributed by atoms with Crippen molar-refractivity contribution in [2.24, 2.45) is 5.73 Å². The first-order valence-electron chi connectivity index (χ1n) is 12.7. The van der Waals surface area contributed by atoms with Gasteiger partial charge in [0.2, 0.25) is 11.8 Å². The molecule has 0 bridgehead atoms. The minimum atomic E-state index is -0.706.